The zero-order valence-electron chi connectivity index (χ0n) is 15.3. The minimum absolute atomic E-state index is 0.123. The number of amides is 2. The molecular weight excluding hydrogens is 314 g/mol. The van der Waals surface area contributed by atoms with Crippen LogP contribution in [0, 0.1) is 0 Å². The van der Waals surface area contributed by atoms with E-state index in [2.05, 4.69) is 34.5 Å². The number of benzene rings is 1. The third-order valence-corrected chi connectivity index (χ3v) is 5.57. The highest BCUT2D eigenvalue weighted by Crippen LogP contribution is 2.28. The van der Waals surface area contributed by atoms with Crippen molar-refractivity contribution in [2.24, 2.45) is 0 Å². The topological polar surface area (TPSA) is 52.7 Å². The number of nitrogens with zero attached hydrogens (tertiary/aromatic N) is 2. The molecular formula is C20H29N3O2. The molecule has 5 heteroatoms. The molecule has 2 aliphatic rings. The Morgan fingerprint density at radius 3 is 2.56 bits per heavy atom. The van der Waals surface area contributed by atoms with Gasteiger partial charge in [-0.15, -0.1) is 0 Å². The van der Waals surface area contributed by atoms with Crippen LogP contribution in [-0.4, -0.2) is 60.4 Å². The predicted molar refractivity (Wildman–Crippen MR) is 98.3 cm³/mol. The van der Waals surface area contributed by atoms with Crippen molar-refractivity contribution in [3.63, 3.8) is 0 Å². The quantitative estimate of drug-likeness (QED) is 0.845. The van der Waals surface area contributed by atoms with E-state index < -0.39 is 11.8 Å². The van der Waals surface area contributed by atoms with Gasteiger partial charge >= 0.3 is 11.8 Å². The van der Waals surface area contributed by atoms with Crippen molar-refractivity contribution in [3.05, 3.63) is 35.4 Å². The van der Waals surface area contributed by atoms with E-state index in [9.17, 15) is 9.59 Å². The van der Waals surface area contributed by atoms with Crippen LogP contribution in [0.25, 0.3) is 0 Å². The first-order valence-corrected chi connectivity index (χ1v) is 9.46. The molecule has 0 saturated carbocycles. The van der Waals surface area contributed by atoms with Gasteiger partial charge in [-0.1, -0.05) is 31.2 Å². The number of likely N-dealkylation sites (N-methyl/N-ethyl adjacent to an activating group) is 1. The Hall–Kier alpha value is -1.88. The summed E-state index contributed by atoms with van der Waals surface area (Å²) in [4.78, 5) is 28.5. The van der Waals surface area contributed by atoms with Crippen molar-refractivity contribution >= 4 is 11.8 Å². The molecule has 1 N–H and O–H groups in total. The highest BCUT2D eigenvalue weighted by atomic mass is 16.2. The van der Waals surface area contributed by atoms with Crippen molar-refractivity contribution in [2.75, 3.05) is 26.7 Å². The van der Waals surface area contributed by atoms with Gasteiger partial charge in [0.2, 0.25) is 0 Å². The molecule has 1 saturated heterocycles. The minimum Gasteiger partial charge on any atom is -0.348 e. The summed E-state index contributed by atoms with van der Waals surface area (Å²) in [5, 5.41) is 2.69. The number of fused-ring (bicyclic) bond motifs is 1. The normalized spacial score (nSPS) is 21.0. The minimum atomic E-state index is -0.477. The van der Waals surface area contributed by atoms with Gasteiger partial charge in [0.05, 0.1) is 0 Å². The summed E-state index contributed by atoms with van der Waals surface area (Å²) in [6.07, 6.45) is 5.07. The van der Waals surface area contributed by atoms with Gasteiger partial charge in [0.25, 0.3) is 0 Å². The summed E-state index contributed by atoms with van der Waals surface area (Å²) >= 11 is 0. The molecule has 0 unspecified atom stereocenters. The zero-order valence-corrected chi connectivity index (χ0v) is 15.3. The highest BCUT2D eigenvalue weighted by molar-refractivity contribution is 6.35. The van der Waals surface area contributed by atoms with E-state index in [1.165, 1.54) is 11.1 Å². The molecule has 0 spiro atoms. The first kappa shape index (κ1) is 17.9. The van der Waals surface area contributed by atoms with Crippen LogP contribution < -0.4 is 5.32 Å². The molecule has 2 amide bonds. The van der Waals surface area contributed by atoms with Crippen LogP contribution in [0.2, 0.25) is 0 Å². The monoisotopic (exact) mass is 343 g/mol. The first-order chi connectivity index (χ1) is 12.1. The molecule has 3 rings (SSSR count). The van der Waals surface area contributed by atoms with Crippen molar-refractivity contribution in [3.8, 4) is 0 Å². The van der Waals surface area contributed by atoms with Crippen LogP contribution in [0.4, 0.5) is 0 Å². The number of hydrogen-bond donors (Lipinski definition) is 1. The van der Waals surface area contributed by atoms with Crippen molar-refractivity contribution in [1.82, 2.24) is 15.1 Å². The van der Waals surface area contributed by atoms with E-state index in [0.717, 1.165) is 45.2 Å². The molecule has 1 atom stereocenters. The maximum absolute atomic E-state index is 12.3. The van der Waals surface area contributed by atoms with Crippen LogP contribution in [0.3, 0.4) is 0 Å². The van der Waals surface area contributed by atoms with Gasteiger partial charge in [-0.25, -0.2) is 0 Å². The molecule has 1 aliphatic heterocycles. The lowest BCUT2D eigenvalue weighted by molar-refractivity contribution is -0.147. The second kappa shape index (κ2) is 8.00. The van der Waals surface area contributed by atoms with E-state index in [-0.39, 0.29) is 6.04 Å². The first-order valence-electron chi connectivity index (χ1n) is 9.46. The van der Waals surface area contributed by atoms with Gasteiger partial charge < -0.3 is 10.2 Å². The summed E-state index contributed by atoms with van der Waals surface area (Å²) in [6, 6.07) is 9.33. The second-order valence-electron chi connectivity index (χ2n) is 7.29. The van der Waals surface area contributed by atoms with Gasteiger partial charge in [0.1, 0.15) is 0 Å². The molecule has 0 aromatic heterocycles. The van der Waals surface area contributed by atoms with Gasteiger partial charge in [0.15, 0.2) is 0 Å². The Morgan fingerprint density at radius 1 is 1.24 bits per heavy atom. The fraction of sp³-hybridized carbons (Fsp3) is 0.600. The third-order valence-electron chi connectivity index (χ3n) is 5.57. The predicted octanol–water partition coefficient (Wildman–Crippen LogP) is 1.60. The average Bonchev–Trinajstić information content (AvgIpc) is 3.09. The molecule has 0 radical (unpaired) electrons. The SMILES string of the molecule is CCCNC(=O)C(=O)N(C)[C@H]1CCCN(C2Cc3ccccc3C2)C1. The van der Waals surface area contributed by atoms with Crippen LogP contribution in [-0.2, 0) is 22.4 Å². The Balaban J connectivity index is 1.58. The standard InChI is InChI=1S/C20H29N3O2/c1-3-10-21-19(24)20(25)22(2)17-9-6-11-23(14-17)18-12-15-7-4-5-8-16(15)13-18/h4-5,7-8,17-18H,3,6,9-14H2,1-2H3,(H,21,24)/t17-/m0/s1. The molecule has 1 heterocycles. The number of nitrogens with one attached hydrogen (secondary N) is 1. The zero-order chi connectivity index (χ0) is 17.8. The van der Waals surface area contributed by atoms with Crippen molar-refractivity contribution in [1.29, 1.82) is 0 Å². The molecule has 1 fully saturated rings. The summed E-state index contributed by atoms with van der Waals surface area (Å²) in [5.41, 5.74) is 2.91. The third kappa shape index (κ3) is 4.03. The Kier molecular flexibility index (Phi) is 5.74. The Labute approximate surface area is 150 Å². The highest BCUT2D eigenvalue weighted by Gasteiger charge is 2.33. The second-order valence-corrected chi connectivity index (χ2v) is 7.29. The largest absolute Gasteiger partial charge is 0.348 e. The number of piperidine rings is 1. The molecule has 25 heavy (non-hydrogen) atoms. The van der Waals surface area contributed by atoms with E-state index >= 15 is 0 Å². The number of carbonyl (C=O) groups excluding carboxylic acids is 2. The van der Waals surface area contributed by atoms with Crippen LogP contribution >= 0.6 is 0 Å². The van der Waals surface area contributed by atoms with Gasteiger partial charge in [0, 0.05) is 32.2 Å². The molecule has 5 nitrogen and oxygen atoms in total. The number of rotatable bonds is 4. The number of likely N-dealkylation sites (tertiary alicyclic amines) is 1. The summed E-state index contributed by atoms with van der Waals surface area (Å²) in [5.74, 6) is -0.884. The fourth-order valence-electron chi connectivity index (χ4n) is 4.07. The van der Waals surface area contributed by atoms with Gasteiger partial charge in [-0.3, -0.25) is 14.5 Å². The maximum Gasteiger partial charge on any atom is 0.311 e. The van der Waals surface area contributed by atoms with Crippen LogP contribution in [0.15, 0.2) is 24.3 Å². The maximum atomic E-state index is 12.3. The summed E-state index contributed by atoms with van der Waals surface area (Å²) < 4.78 is 0. The molecule has 136 valence electrons. The molecule has 1 aliphatic carbocycles. The number of carbonyl (C=O) groups is 2. The van der Waals surface area contributed by atoms with Gasteiger partial charge in [-0.05, 0) is 49.8 Å². The average molecular weight is 343 g/mol. The Bertz CT molecular complexity index is 606. The smallest absolute Gasteiger partial charge is 0.311 e. The van der Waals surface area contributed by atoms with E-state index in [0.29, 0.717) is 12.6 Å². The van der Waals surface area contributed by atoms with Crippen molar-refractivity contribution < 1.29 is 9.59 Å². The van der Waals surface area contributed by atoms with Crippen molar-refractivity contribution in [2.45, 2.75) is 51.1 Å². The summed E-state index contributed by atoms with van der Waals surface area (Å²) in [6.45, 7) is 4.48. The van der Waals surface area contributed by atoms with Crippen LogP contribution in [0.1, 0.15) is 37.3 Å². The van der Waals surface area contributed by atoms with Crippen LogP contribution in [0.5, 0.6) is 0 Å². The Morgan fingerprint density at radius 2 is 1.92 bits per heavy atom. The lowest BCUT2D eigenvalue weighted by Gasteiger charge is -2.40. The fourth-order valence-corrected chi connectivity index (χ4v) is 4.07. The van der Waals surface area contributed by atoms with E-state index in [1.54, 1.807) is 11.9 Å². The van der Waals surface area contributed by atoms with E-state index in [4.69, 9.17) is 0 Å². The number of hydrogen-bond acceptors (Lipinski definition) is 3. The van der Waals surface area contributed by atoms with Gasteiger partial charge in [-0.2, -0.15) is 0 Å². The molecule has 0 bridgehead atoms. The lowest BCUT2D eigenvalue weighted by Crippen LogP contribution is -2.54. The molecule has 1 aromatic rings. The lowest BCUT2D eigenvalue weighted by atomic mass is 10.0. The molecule has 1 aromatic carbocycles. The van der Waals surface area contributed by atoms with E-state index in [1.807, 2.05) is 6.92 Å². The summed E-state index contributed by atoms with van der Waals surface area (Å²) in [7, 11) is 1.77.